The largest absolute Gasteiger partial charge is 0.311 e. The molecule has 1 aliphatic heterocycles. The van der Waals surface area contributed by atoms with Crippen LogP contribution in [0.3, 0.4) is 0 Å². The Kier molecular flexibility index (Phi) is 3.47. The normalized spacial score (nSPS) is 26.3. The molecule has 1 aliphatic rings. The maximum atomic E-state index is 3.74. The van der Waals surface area contributed by atoms with Crippen LogP contribution in [-0.2, 0) is 6.42 Å². The molecule has 2 heterocycles. The fourth-order valence-electron chi connectivity index (χ4n) is 2.83. The fourth-order valence-corrected chi connectivity index (χ4v) is 3.50. The van der Waals surface area contributed by atoms with E-state index < -0.39 is 0 Å². The second kappa shape index (κ2) is 4.67. The van der Waals surface area contributed by atoms with Crippen LogP contribution >= 0.6 is 11.3 Å². The van der Waals surface area contributed by atoms with Crippen molar-refractivity contribution < 1.29 is 0 Å². The van der Waals surface area contributed by atoms with Crippen LogP contribution in [0.1, 0.15) is 38.7 Å². The van der Waals surface area contributed by atoms with E-state index in [1.165, 1.54) is 37.8 Å². The van der Waals surface area contributed by atoms with Crippen molar-refractivity contribution in [1.82, 2.24) is 5.32 Å². The minimum Gasteiger partial charge on any atom is -0.311 e. The van der Waals surface area contributed by atoms with Gasteiger partial charge in [-0.1, -0.05) is 13.8 Å². The summed E-state index contributed by atoms with van der Waals surface area (Å²) in [7, 11) is 0. The molecule has 0 spiro atoms. The summed E-state index contributed by atoms with van der Waals surface area (Å²) in [4.78, 5) is 0. The summed E-state index contributed by atoms with van der Waals surface area (Å²) < 4.78 is 0. The van der Waals surface area contributed by atoms with E-state index in [1.807, 2.05) is 11.3 Å². The van der Waals surface area contributed by atoms with Gasteiger partial charge in [0.1, 0.15) is 0 Å². The first kappa shape index (κ1) is 11.2. The monoisotopic (exact) mass is 223 g/mol. The molecule has 0 radical (unpaired) electrons. The second-order valence-corrected chi connectivity index (χ2v) is 6.00. The van der Waals surface area contributed by atoms with E-state index in [-0.39, 0.29) is 0 Å². The molecule has 84 valence electrons. The molecule has 0 aliphatic carbocycles. The SMILES string of the molecule is CC(C)CC1(Cc2ccsc2)CCCN1. The highest BCUT2D eigenvalue weighted by atomic mass is 32.1. The number of rotatable bonds is 4. The summed E-state index contributed by atoms with van der Waals surface area (Å²) >= 11 is 1.81. The molecule has 2 heteroatoms. The van der Waals surface area contributed by atoms with Crippen molar-refractivity contribution in [3.63, 3.8) is 0 Å². The minimum atomic E-state index is 0.398. The van der Waals surface area contributed by atoms with Crippen LogP contribution in [0.2, 0.25) is 0 Å². The zero-order valence-electron chi connectivity index (χ0n) is 9.75. The Morgan fingerprint density at radius 2 is 2.40 bits per heavy atom. The van der Waals surface area contributed by atoms with E-state index >= 15 is 0 Å². The predicted octanol–water partition coefficient (Wildman–Crippen LogP) is 3.46. The van der Waals surface area contributed by atoms with Crippen molar-refractivity contribution >= 4 is 11.3 Å². The number of hydrogen-bond donors (Lipinski definition) is 1. The van der Waals surface area contributed by atoms with E-state index in [4.69, 9.17) is 0 Å². The first-order valence-corrected chi connectivity index (χ1v) is 6.91. The zero-order valence-corrected chi connectivity index (χ0v) is 10.6. The Labute approximate surface area is 96.9 Å². The topological polar surface area (TPSA) is 12.0 Å². The smallest absolute Gasteiger partial charge is 0.0225 e. The summed E-state index contributed by atoms with van der Waals surface area (Å²) in [5.74, 6) is 0.786. The minimum absolute atomic E-state index is 0.398. The van der Waals surface area contributed by atoms with Crippen LogP contribution in [0.4, 0.5) is 0 Å². The third-order valence-electron chi connectivity index (χ3n) is 3.25. The van der Waals surface area contributed by atoms with E-state index in [2.05, 4.69) is 36.0 Å². The Bertz CT molecular complexity index is 283. The van der Waals surface area contributed by atoms with Gasteiger partial charge >= 0.3 is 0 Å². The summed E-state index contributed by atoms with van der Waals surface area (Å²) in [5, 5.41) is 8.23. The summed E-state index contributed by atoms with van der Waals surface area (Å²) in [6, 6.07) is 2.27. The molecule has 1 saturated heterocycles. The highest BCUT2D eigenvalue weighted by Crippen LogP contribution is 2.31. The maximum absolute atomic E-state index is 3.74. The fraction of sp³-hybridized carbons (Fsp3) is 0.692. The predicted molar refractivity (Wildman–Crippen MR) is 67.4 cm³/mol. The van der Waals surface area contributed by atoms with Gasteiger partial charge in [0.2, 0.25) is 0 Å². The quantitative estimate of drug-likeness (QED) is 0.824. The Balaban J connectivity index is 2.05. The Morgan fingerprint density at radius 1 is 1.53 bits per heavy atom. The van der Waals surface area contributed by atoms with Gasteiger partial charge in [-0.15, -0.1) is 0 Å². The molecule has 1 aromatic heterocycles. The number of thiophene rings is 1. The summed E-state index contributed by atoms with van der Waals surface area (Å²) in [5.41, 5.74) is 1.91. The molecule has 15 heavy (non-hydrogen) atoms. The van der Waals surface area contributed by atoms with Gasteiger partial charge < -0.3 is 5.32 Å². The van der Waals surface area contributed by atoms with Crippen LogP contribution in [0.15, 0.2) is 16.8 Å². The van der Waals surface area contributed by atoms with Crippen LogP contribution in [0.5, 0.6) is 0 Å². The van der Waals surface area contributed by atoms with Gasteiger partial charge in [-0.05, 0) is 60.5 Å². The van der Waals surface area contributed by atoms with E-state index in [9.17, 15) is 0 Å². The van der Waals surface area contributed by atoms with E-state index in [1.54, 1.807) is 0 Å². The molecule has 1 aromatic rings. The average molecular weight is 223 g/mol. The van der Waals surface area contributed by atoms with E-state index in [0.717, 1.165) is 5.92 Å². The van der Waals surface area contributed by atoms with Gasteiger partial charge in [0.15, 0.2) is 0 Å². The van der Waals surface area contributed by atoms with Gasteiger partial charge in [0.25, 0.3) is 0 Å². The molecule has 1 nitrogen and oxygen atoms in total. The lowest BCUT2D eigenvalue weighted by molar-refractivity contribution is 0.302. The van der Waals surface area contributed by atoms with Crippen LogP contribution < -0.4 is 5.32 Å². The lowest BCUT2D eigenvalue weighted by Crippen LogP contribution is -2.42. The van der Waals surface area contributed by atoms with Crippen molar-refractivity contribution in [3.05, 3.63) is 22.4 Å². The average Bonchev–Trinajstić information content (AvgIpc) is 2.76. The maximum Gasteiger partial charge on any atom is 0.0225 e. The van der Waals surface area contributed by atoms with Crippen LogP contribution in [-0.4, -0.2) is 12.1 Å². The molecule has 1 atom stereocenters. The summed E-state index contributed by atoms with van der Waals surface area (Å²) in [6.45, 7) is 5.86. The second-order valence-electron chi connectivity index (χ2n) is 5.22. The highest BCUT2D eigenvalue weighted by Gasteiger charge is 2.33. The lowest BCUT2D eigenvalue weighted by Gasteiger charge is -2.31. The first-order chi connectivity index (χ1) is 7.20. The third kappa shape index (κ3) is 2.82. The lowest BCUT2D eigenvalue weighted by atomic mass is 9.83. The molecule has 1 N–H and O–H groups in total. The van der Waals surface area contributed by atoms with Gasteiger partial charge in [0.05, 0.1) is 0 Å². The molecule has 2 rings (SSSR count). The van der Waals surface area contributed by atoms with Gasteiger partial charge in [-0.3, -0.25) is 0 Å². The van der Waals surface area contributed by atoms with Gasteiger partial charge in [-0.2, -0.15) is 11.3 Å². The Hall–Kier alpha value is -0.340. The Morgan fingerprint density at radius 3 is 2.93 bits per heavy atom. The first-order valence-electron chi connectivity index (χ1n) is 5.96. The van der Waals surface area contributed by atoms with Gasteiger partial charge in [0, 0.05) is 5.54 Å². The van der Waals surface area contributed by atoms with E-state index in [0.29, 0.717) is 5.54 Å². The number of hydrogen-bond acceptors (Lipinski definition) is 2. The molecular weight excluding hydrogens is 202 g/mol. The zero-order chi connectivity index (χ0) is 10.7. The van der Waals surface area contributed by atoms with Crippen molar-refractivity contribution in [3.8, 4) is 0 Å². The molecule has 0 aromatic carbocycles. The van der Waals surface area contributed by atoms with Crippen molar-refractivity contribution in [2.24, 2.45) is 5.92 Å². The van der Waals surface area contributed by atoms with Crippen LogP contribution in [0, 0.1) is 5.92 Å². The highest BCUT2D eigenvalue weighted by molar-refractivity contribution is 7.07. The molecule has 1 unspecified atom stereocenters. The molecule has 0 bridgehead atoms. The number of nitrogens with one attached hydrogen (secondary N) is 1. The standard InChI is InChI=1S/C13H21NS/c1-11(2)8-13(5-3-6-14-13)9-12-4-7-15-10-12/h4,7,10-11,14H,3,5-6,8-9H2,1-2H3. The van der Waals surface area contributed by atoms with Crippen molar-refractivity contribution in [1.29, 1.82) is 0 Å². The van der Waals surface area contributed by atoms with Gasteiger partial charge in [-0.25, -0.2) is 0 Å². The molecule has 1 fully saturated rings. The third-order valence-corrected chi connectivity index (χ3v) is 3.99. The molecular formula is C13H21NS. The van der Waals surface area contributed by atoms with Crippen LogP contribution in [0.25, 0.3) is 0 Å². The molecule has 0 amide bonds. The molecule has 0 saturated carbocycles. The summed E-state index contributed by atoms with van der Waals surface area (Å²) in [6.07, 6.45) is 5.22. The van der Waals surface area contributed by atoms with Crippen molar-refractivity contribution in [2.75, 3.05) is 6.54 Å². The van der Waals surface area contributed by atoms with Crippen molar-refractivity contribution in [2.45, 2.75) is 45.1 Å².